The highest BCUT2D eigenvalue weighted by Gasteiger charge is 2.52. The molecule has 0 bridgehead atoms. The molecule has 0 aromatic rings. The van der Waals surface area contributed by atoms with Crippen molar-refractivity contribution in [3.8, 4) is 0 Å². The third kappa shape index (κ3) is 6.64. The smallest absolute Gasteiger partial charge is 0.186 e. The fourth-order valence-electron chi connectivity index (χ4n) is 4.77. The number of rotatable bonds is 11. The van der Waals surface area contributed by atoms with Crippen LogP contribution in [0.25, 0.3) is 0 Å². The topological polar surface area (TPSA) is 198 Å². The fraction of sp³-hybridized carbons (Fsp3) is 1.00. The van der Waals surface area contributed by atoms with Crippen LogP contribution in [0.3, 0.4) is 0 Å². The van der Waals surface area contributed by atoms with Crippen molar-refractivity contribution in [2.24, 2.45) is 0 Å². The number of ether oxygens (including phenoxy) is 4. The number of nitrogens with one attached hydrogen (secondary N) is 5. The van der Waals surface area contributed by atoms with E-state index in [1.807, 2.05) is 0 Å². The number of aliphatic hydroxyl groups is 5. The number of aliphatic hydroxyl groups excluding tert-OH is 5. The molecule has 0 aromatic carbocycles. The molecule has 10 N–H and O–H groups in total. The van der Waals surface area contributed by atoms with Crippen LogP contribution < -0.4 is 27.7 Å². The van der Waals surface area contributed by atoms with Crippen LogP contribution in [0.5, 0.6) is 0 Å². The zero-order valence-electron chi connectivity index (χ0n) is 19.2. The minimum absolute atomic E-state index is 0.316. The van der Waals surface area contributed by atoms with Gasteiger partial charge < -0.3 is 44.5 Å². The summed E-state index contributed by atoms with van der Waals surface area (Å²) in [7, 11) is 0. The van der Waals surface area contributed by atoms with E-state index in [4.69, 9.17) is 18.9 Å². The van der Waals surface area contributed by atoms with Crippen LogP contribution in [0.15, 0.2) is 0 Å². The van der Waals surface area contributed by atoms with Gasteiger partial charge >= 0.3 is 0 Å². The van der Waals surface area contributed by atoms with Crippen molar-refractivity contribution in [1.82, 2.24) is 27.7 Å². The average molecular weight is 557 g/mol. The Morgan fingerprint density at radius 2 is 1.24 bits per heavy atom. The van der Waals surface area contributed by atoms with Gasteiger partial charge in [-0.05, 0) is 12.8 Å². The van der Waals surface area contributed by atoms with Gasteiger partial charge in [0.2, 0.25) is 0 Å². The molecule has 14 atom stereocenters. The molecule has 14 nitrogen and oxygen atoms in total. The second kappa shape index (κ2) is 13.9. The summed E-state index contributed by atoms with van der Waals surface area (Å²) >= 11 is 0. The van der Waals surface area contributed by atoms with Gasteiger partial charge in [-0.2, -0.15) is 27.7 Å². The first-order chi connectivity index (χ1) is 17.7. The van der Waals surface area contributed by atoms with Crippen molar-refractivity contribution in [3.05, 3.63) is 0 Å². The predicted octanol–water partition coefficient (Wildman–Crippen LogP) is -3.72. The van der Waals surface area contributed by atoms with E-state index in [9.17, 15) is 47.9 Å². The van der Waals surface area contributed by atoms with Crippen LogP contribution in [0.1, 0.15) is 12.8 Å². The zero-order valence-corrected chi connectivity index (χ0v) is 19.2. The summed E-state index contributed by atoms with van der Waals surface area (Å²) in [6, 6.07) is -5.91. The highest BCUT2D eigenvalue weighted by molar-refractivity contribution is 5.01. The van der Waals surface area contributed by atoms with E-state index in [1.54, 1.807) is 0 Å². The van der Waals surface area contributed by atoms with Crippen LogP contribution >= 0.6 is 0 Å². The van der Waals surface area contributed by atoms with Crippen molar-refractivity contribution in [3.63, 3.8) is 0 Å². The second-order valence-corrected chi connectivity index (χ2v) is 9.10. The lowest BCUT2D eigenvalue weighted by Gasteiger charge is -2.48. The van der Waals surface area contributed by atoms with Crippen molar-refractivity contribution in [2.45, 2.75) is 98.4 Å². The summed E-state index contributed by atoms with van der Waals surface area (Å²) in [5.74, 6) is 0. The van der Waals surface area contributed by atoms with Crippen LogP contribution in [0.2, 0.25) is 0 Å². The Kier molecular flexibility index (Phi) is 11.5. The minimum atomic E-state index is -1.93. The highest BCUT2D eigenvalue weighted by Crippen LogP contribution is 2.33. The van der Waals surface area contributed by atoms with Crippen LogP contribution in [0, 0.1) is 0 Å². The minimum Gasteiger partial charge on any atom is -0.394 e. The Balaban J connectivity index is 1.80. The van der Waals surface area contributed by atoms with Gasteiger partial charge in [-0.25, -0.2) is 0 Å². The predicted molar refractivity (Wildman–Crippen MR) is 109 cm³/mol. The first-order valence-electron chi connectivity index (χ1n) is 11.5. The van der Waals surface area contributed by atoms with Gasteiger partial charge in [-0.15, -0.1) is 22.4 Å². The van der Waals surface area contributed by atoms with Gasteiger partial charge in [0, 0.05) is 0 Å². The molecule has 3 rings (SSSR count). The quantitative estimate of drug-likeness (QED) is 0.0879. The van der Waals surface area contributed by atoms with E-state index in [2.05, 4.69) is 0 Å². The molecule has 218 valence electrons. The lowest BCUT2D eigenvalue weighted by molar-refractivity contribution is -0.324. The summed E-state index contributed by atoms with van der Waals surface area (Å²) in [5, 5.41) is 50.7. The molecule has 0 aromatic heterocycles. The Morgan fingerprint density at radius 3 is 1.76 bits per heavy atom. The lowest BCUT2D eigenvalue weighted by Crippen LogP contribution is -2.68. The molecule has 19 heteroatoms. The van der Waals surface area contributed by atoms with E-state index < -0.39 is 105 Å². The van der Waals surface area contributed by atoms with Crippen molar-refractivity contribution >= 4 is 0 Å². The Hall–Kier alpha value is -0.910. The van der Waals surface area contributed by atoms with Gasteiger partial charge in [0.15, 0.2) is 12.6 Å². The molecule has 2 heterocycles. The maximum absolute atomic E-state index is 13.7. The number of hydrogen-bond donors (Lipinski definition) is 10. The Morgan fingerprint density at radius 1 is 0.676 bits per heavy atom. The summed E-state index contributed by atoms with van der Waals surface area (Å²) < 4.78 is 88.2. The number of halogens is 5. The molecule has 0 amide bonds. The van der Waals surface area contributed by atoms with Gasteiger partial charge in [0.1, 0.15) is 42.7 Å². The first kappa shape index (κ1) is 30.6. The van der Waals surface area contributed by atoms with Gasteiger partial charge in [-0.3, -0.25) is 0 Å². The van der Waals surface area contributed by atoms with Gasteiger partial charge in [0.25, 0.3) is 0 Å². The summed E-state index contributed by atoms with van der Waals surface area (Å²) in [6.07, 6.45) is -17.0. The molecule has 2 saturated heterocycles. The molecule has 1 aliphatic carbocycles. The molecule has 3 fully saturated rings. The Labute approximate surface area is 207 Å². The van der Waals surface area contributed by atoms with E-state index in [0.29, 0.717) is 0 Å². The molecule has 1 saturated carbocycles. The van der Waals surface area contributed by atoms with Crippen molar-refractivity contribution in [2.75, 3.05) is 13.2 Å². The molecule has 2 aliphatic heterocycles. The third-order valence-corrected chi connectivity index (χ3v) is 6.83. The lowest BCUT2D eigenvalue weighted by atomic mass is 9.84. The molecule has 37 heavy (non-hydrogen) atoms. The van der Waals surface area contributed by atoms with Gasteiger partial charge in [-0.1, -0.05) is 0 Å². The summed E-state index contributed by atoms with van der Waals surface area (Å²) in [4.78, 5) is 0. The molecular formula is C18H32F5N5O9. The summed E-state index contributed by atoms with van der Waals surface area (Å²) in [6.45, 7) is -1.32. The SMILES string of the molecule is OCC1OC(OC2C(NF)CC(NF)C(OC3OC(CNF)C(O)CC3NF)C2O)C(O)C(NF)C1O. The first-order valence-corrected chi connectivity index (χ1v) is 11.5. The fourth-order valence-corrected chi connectivity index (χ4v) is 4.77. The Bertz CT molecular complexity index is 702. The van der Waals surface area contributed by atoms with Crippen LogP contribution in [-0.4, -0.2) is 124 Å². The van der Waals surface area contributed by atoms with E-state index >= 15 is 0 Å². The molecule has 3 aliphatic rings. The van der Waals surface area contributed by atoms with Crippen LogP contribution in [0.4, 0.5) is 22.4 Å². The van der Waals surface area contributed by atoms with Crippen molar-refractivity contribution < 1.29 is 66.9 Å². The standard InChI is InChI=1S/C18H32F5N5O9/c19-24-3-9-8(30)2-7(27-22)17(34-9)36-15-5(25-20)1-6(26-21)16(14(15)33)37-18-13(32)11(28-23)12(31)10(4-29)35-18/h5-18,24-33H,1-4H2. The largest absolute Gasteiger partial charge is 0.394 e. The monoisotopic (exact) mass is 557 g/mol. The molecule has 14 unspecified atom stereocenters. The highest BCUT2D eigenvalue weighted by atomic mass is 19.2. The zero-order chi connectivity index (χ0) is 27.3. The number of hydrogen-bond acceptors (Lipinski definition) is 14. The molecule has 0 radical (unpaired) electrons. The van der Waals surface area contributed by atoms with Crippen molar-refractivity contribution in [1.29, 1.82) is 0 Å². The molecule has 0 spiro atoms. The van der Waals surface area contributed by atoms with E-state index in [0.717, 1.165) is 5.54 Å². The van der Waals surface area contributed by atoms with E-state index in [-0.39, 0.29) is 6.42 Å². The second-order valence-electron chi connectivity index (χ2n) is 9.10. The van der Waals surface area contributed by atoms with Gasteiger partial charge in [0.05, 0.1) is 43.4 Å². The van der Waals surface area contributed by atoms with Crippen LogP contribution in [-0.2, 0) is 18.9 Å². The maximum Gasteiger partial charge on any atom is 0.186 e. The normalized spacial score (nSPS) is 47.2. The third-order valence-electron chi connectivity index (χ3n) is 6.83. The average Bonchev–Trinajstić information content (AvgIpc) is 2.89. The maximum atomic E-state index is 13.7. The van der Waals surface area contributed by atoms with E-state index in [1.165, 1.54) is 22.2 Å². The summed E-state index contributed by atoms with van der Waals surface area (Å²) in [5.41, 5.74) is 6.47. The molecular weight excluding hydrogens is 525 g/mol.